The van der Waals surface area contributed by atoms with E-state index in [0.717, 1.165) is 23.6 Å². The van der Waals surface area contributed by atoms with Crippen LogP contribution < -0.4 is 9.47 Å². The second kappa shape index (κ2) is 7.31. The molecule has 0 aliphatic carbocycles. The highest BCUT2D eigenvalue weighted by Crippen LogP contribution is 2.32. The van der Waals surface area contributed by atoms with Crippen LogP contribution in [-0.4, -0.2) is 48.6 Å². The average molecular weight is 307 g/mol. The van der Waals surface area contributed by atoms with Crippen LogP contribution in [0.25, 0.3) is 0 Å². The number of β-amino-alcohol motifs (C(OH)–C–C–N with tert-alkyl or cyclic N) is 1. The van der Waals surface area contributed by atoms with Crippen molar-refractivity contribution in [2.45, 2.75) is 44.9 Å². The number of hydrogen-bond donors (Lipinski definition) is 1. The van der Waals surface area contributed by atoms with E-state index in [1.807, 2.05) is 18.2 Å². The first-order valence-electron chi connectivity index (χ1n) is 8.11. The zero-order chi connectivity index (χ0) is 15.4. The first-order valence-corrected chi connectivity index (χ1v) is 8.11. The summed E-state index contributed by atoms with van der Waals surface area (Å²) in [5.74, 6) is 1.55. The Bertz CT molecular complexity index is 494. The lowest BCUT2D eigenvalue weighted by Crippen LogP contribution is -2.43. The van der Waals surface area contributed by atoms with Crippen molar-refractivity contribution >= 4 is 0 Å². The first kappa shape index (κ1) is 15.6. The average Bonchev–Trinajstić information content (AvgIpc) is 2.97. The molecule has 0 radical (unpaired) electrons. The third-order valence-electron chi connectivity index (χ3n) is 4.40. The number of piperidine rings is 1. The summed E-state index contributed by atoms with van der Waals surface area (Å²) in [5.41, 5.74) is 1.03. The molecule has 2 heterocycles. The third-order valence-corrected chi connectivity index (χ3v) is 4.40. The Labute approximate surface area is 131 Å². The van der Waals surface area contributed by atoms with Crippen molar-refractivity contribution in [1.82, 2.24) is 4.90 Å². The molecular weight excluding hydrogens is 282 g/mol. The van der Waals surface area contributed by atoms with E-state index in [4.69, 9.17) is 14.2 Å². The van der Waals surface area contributed by atoms with Crippen molar-refractivity contribution in [2.75, 3.05) is 26.5 Å². The number of rotatable bonds is 6. The van der Waals surface area contributed by atoms with Gasteiger partial charge in [-0.1, -0.05) is 12.5 Å². The van der Waals surface area contributed by atoms with Crippen molar-refractivity contribution in [3.05, 3.63) is 23.8 Å². The molecule has 5 heteroatoms. The van der Waals surface area contributed by atoms with Gasteiger partial charge in [0.05, 0.1) is 19.3 Å². The van der Waals surface area contributed by atoms with Crippen LogP contribution >= 0.6 is 0 Å². The molecule has 3 rings (SSSR count). The van der Waals surface area contributed by atoms with Crippen LogP contribution in [0.3, 0.4) is 0 Å². The zero-order valence-electron chi connectivity index (χ0n) is 13.2. The number of likely N-dealkylation sites (tertiary alicyclic amines) is 1. The summed E-state index contributed by atoms with van der Waals surface area (Å²) in [6.07, 6.45) is 3.32. The molecule has 0 saturated carbocycles. The van der Waals surface area contributed by atoms with Gasteiger partial charge in [0.1, 0.15) is 0 Å². The van der Waals surface area contributed by atoms with Crippen LogP contribution in [0, 0.1) is 0 Å². The summed E-state index contributed by atoms with van der Waals surface area (Å²) in [7, 11) is 0. The Morgan fingerprint density at radius 2 is 2.18 bits per heavy atom. The summed E-state index contributed by atoms with van der Waals surface area (Å²) in [5, 5.41) is 10.1. The number of ether oxygens (including phenoxy) is 3. The largest absolute Gasteiger partial charge is 0.454 e. The fourth-order valence-electron chi connectivity index (χ4n) is 3.10. The molecule has 0 aromatic heterocycles. The quantitative estimate of drug-likeness (QED) is 0.873. The van der Waals surface area contributed by atoms with Crippen LogP contribution in [0.5, 0.6) is 11.5 Å². The Hall–Kier alpha value is -1.30. The lowest BCUT2D eigenvalue weighted by atomic mass is 10.0. The van der Waals surface area contributed by atoms with E-state index in [0.29, 0.717) is 25.8 Å². The van der Waals surface area contributed by atoms with Gasteiger partial charge in [0.15, 0.2) is 11.5 Å². The van der Waals surface area contributed by atoms with Crippen LogP contribution in [0.4, 0.5) is 0 Å². The first-order chi connectivity index (χ1) is 10.7. The van der Waals surface area contributed by atoms with Gasteiger partial charge in [-0.05, 0) is 44.0 Å². The maximum absolute atomic E-state index is 10.1. The standard InChI is InChI=1S/C17H25NO4/c1-13-4-2-3-7-18(13)9-15(19)11-20-10-14-5-6-16-17(8-14)22-12-21-16/h5-6,8,13,15,19H,2-4,7,9-12H2,1H3/t13-,15+/m1/s1. The zero-order valence-corrected chi connectivity index (χ0v) is 13.2. The topological polar surface area (TPSA) is 51.2 Å². The summed E-state index contributed by atoms with van der Waals surface area (Å²) >= 11 is 0. The molecule has 22 heavy (non-hydrogen) atoms. The number of nitrogens with zero attached hydrogens (tertiary/aromatic N) is 1. The van der Waals surface area contributed by atoms with Crippen molar-refractivity contribution in [1.29, 1.82) is 0 Å². The molecular formula is C17H25NO4. The van der Waals surface area contributed by atoms with E-state index in [1.165, 1.54) is 19.3 Å². The van der Waals surface area contributed by atoms with Crippen LogP contribution in [0.2, 0.25) is 0 Å². The van der Waals surface area contributed by atoms with E-state index in [1.54, 1.807) is 0 Å². The lowest BCUT2D eigenvalue weighted by Gasteiger charge is -2.34. The van der Waals surface area contributed by atoms with Crippen LogP contribution in [0.1, 0.15) is 31.7 Å². The molecule has 0 spiro atoms. The molecule has 2 aliphatic heterocycles. The molecule has 1 fully saturated rings. The minimum atomic E-state index is -0.436. The van der Waals surface area contributed by atoms with Gasteiger partial charge >= 0.3 is 0 Å². The highest BCUT2D eigenvalue weighted by Gasteiger charge is 2.20. The number of benzene rings is 1. The monoisotopic (exact) mass is 307 g/mol. The second-order valence-corrected chi connectivity index (χ2v) is 6.20. The van der Waals surface area contributed by atoms with Gasteiger partial charge in [0, 0.05) is 12.6 Å². The Morgan fingerprint density at radius 3 is 3.05 bits per heavy atom. The van der Waals surface area contributed by atoms with E-state index in [2.05, 4.69) is 11.8 Å². The normalized spacial score (nSPS) is 22.7. The minimum absolute atomic E-state index is 0.284. The van der Waals surface area contributed by atoms with Gasteiger partial charge in [0.25, 0.3) is 0 Å². The smallest absolute Gasteiger partial charge is 0.231 e. The fraction of sp³-hybridized carbons (Fsp3) is 0.647. The van der Waals surface area contributed by atoms with Crippen molar-refractivity contribution in [2.24, 2.45) is 0 Å². The molecule has 2 atom stereocenters. The number of aliphatic hydroxyl groups is 1. The minimum Gasteiger partial charge on any atom is -0.454 e. The van der Waals surface area contributed by atoms with Crippen molar-refractivity contribution in [3.8, 4) is 11.5 Å². The predicted octanol–water partition coefficient (Wildman–Crippen LogP) is 2.17. The molecule has 2 aliphatic rings. The summed E-state index contributed by atoms with van der Waals surface area (Å²) in [6, 6.07) is 6.36. The molecule has 0 unspecified atom stereocenters. The fourth-order valence-corrected chi connectivity index (χ4v) is 3.10. The molecule has 0 bridgehead atoms. The highest BCUT2D eigenvalue weighted by atomic mass is 16.7. The molecule has 1 saturated heterocycles. The summed E-state index contributed by atoms with van der Waals surface area (Å²) in [4.78, 5) is 2.36. The highest BCUT2D eigenvalue weighted by molar-refractivity contribution is 5.44. The van der Waals surface area contributed by atoms with Crippen LogP contribution in [-0.2, 0) is 11.3 Å². The molecule has 5 nitrogen and oxygen atoms in total. The maximum atomic E-state index is 10.1. The lowest BCUT2D eigenvalue weighted by molar-refractivity contribution is -0.00141. The van der Waals surface area contributed by atoms with Gasteiger partial charge < -0.3 is 19.3 Å². The summed E-state index contributed by atoms with van der Waals surface area (Å²) in [6.45, 7) is 5.13. The number of aliphatic hydroxyl groups excluding tert-OH is 1. The van der Waals surface area contributed by atoms with E-state index < -0.39 is 6.10 Å². The van der Waals surface area contributed by atoms with Gasteiger partial charge in [0.2, 0.25) is 6.79 Å². The molecule has 1 aromatic rings. The van der Waals surface area contributed by atoms with Gasteiger partial charge in [-0.25, -0.2) is 0 Å². The molecule has 0 amide bonds. The predicted molar refractivity (Wildman–Crippen MR) is 83.1 cm³/mol. The SMILES string of the molecule is C[C@@H]1CCCCN1C[C@H](O)COCc1ccc2c(c1)OCO2. The maximum Gasteiger partial charge on any atom is 0.231 e. The summed E-state index contributed by atoms with van der Waals surface area (Å²) < 4.78 is 16.3. The third kappa shape index (κ3) is 3.91. The van der Waals surface area contributed by atoms with Crippen molar-refractivity contribution in [3.63, 3.8) is 0 Å². The second-order valence-electron chi connectivity index (χ2n) is 6.20. The van der Waals surface area contributed by atoms with Crippen molar-refractivity contribution < 1.29 is 19.3 Å². The molecule has 1 aromatic carbocycles. The van der Waals surface area contributed by atoms with Gasteiger partial charge in [-0.2, -0.15) is 0 Å². The molecule has 1 N–H and O–H groups in total. The van der Waals surface area contributed by atoms with E-state index in [-0.39, 0.29) is 6.79 Å². The van der Waals surface area contributed by atoms with Gasteiger partial charge in [-0.15, -0.1) is 0 Å². The van der Waals surface area contributed by atoms with E-state index >= 15 is 0 Å². The number of fused-ring (bicyclic) bond motifs is 1. The Morgan fingerprint density at radius 1 is 1.32 bits per heavy atom. The van der Waals surface area contributed by atoms with E-state index in [9.17, 15) is 5.11 Å². The Balaban J connectivity index is 1.40. The number of hydrogen-bond acceptors (Lipinski definition) is 5. The Kier molecular flexibility index (Phi) is 5.18. The molecule has 122 valence electrons. The van der Waals surface area contributed by atoms with Crippen LogP contribution in [0.15, 0.2) is 18.2 Å². The van der Waals surface area contributed by atoms with Gasteiger partial charge in [-0.3, -0.25) is 4.90 Å².